The maximum Gasteiger partial charge on any atom is 0.307 e. The highest BCUT2D eigenvalue weighted by molar-refractivity contribution is 5.95. The molecule has 2 aromatic rings. The van der Waals surface area contributed by atoms with E-state index in [2.05, 4.69) is 10.2 Å². The zero-order valence-corrected chi connectivity index (χ0v) is 17.0. The summed E-state index contributed by atoms with van der Waals surface area (Å²) in [6.45, 7) is 6.73. The van der Waals surface area contributed by atoms with E-state index < -0.39 is 6.10 Å². The van der Waals surface area contributed by atoms with Gasteiger partial charge in [-0.3, -0.25) is 9.59 Å². The van der Waals surface area contributed by atoms with Crippen LogP contribution >= 0.6 is 0 Å². The topological polar surface area (TPSA) is 67.9 Å². The SMILES string of the molecule is C[C@@H](OC(=O)C[C@H](C)c1ccccc1)C(=O)Nc1ccc(N2CCOCC2)cc1. The van der Waals surface area contributed by atoms with Gasteiger partial charge in [-0.1, -0.05) is 37.3 Å². The second-order valence-electron chi connectivity index (χ2n) is 7.28. The number of anilines is 2. The Labute approximate surface area is 171 Å². The maximum atomic E-state index is 12.4. The third-order valence-corrected chi connectivity index (χ3v) is 5.03. The van der Waals surface area contributed by atoms with E-state index in [1.807, 2.05) is 61.5 Å². The monoisotopic (exact) mass is 396 g/mol. The van der Waals surface area contributed by atoms with Gasteiger partial charge in [-0.2, -0.15) is 0 Å². The third kappa shape index (κ3) is 6.06. The molecule has 2 aromatic carbocycles. The summed E-state index contributed by atoms with van der Waals surface area (Å²) in [7, 11) is 0. The Bertz CT molecular complexity index is 801. The lowest BCUT2D eigenvalue weighted by molar-refractivity contribution is -0.153. The smallest absolute Gasteiger partial charge is 0.307 e. The van der Waals surface area contributed by atoms with Gasteiger partial charge in [-0.15, -0.1) is 0 Å². The zero-order chi connectivity index (χ0) is 20.6. The lowest BCUT2D eigenvalue weighted by Crippen LogP contribution is -2.36. The minimum absolute atomic E-state index is 0.0340. The van der Waals surface area contributed by atoms with Crippen LogP contribution in [0.4, 0.5) is 11.4 Å². The van der Waals surface area contributed by atoms with E-state index in [1.165, 1.54) is 0 Å². The number of hydrogen-bond donors (Lipinski definition) is 1. The van der Waals surface area contributed by atoms with Crippen molar-refractivity contribution in [3.8, 4) is 0 Å². The molecule has 0 aliphatic carbocycles. The number of rotatable bonds is 7. The summed E-state index contributed by atoms with van der Waals surface area (Å²) in [4.78, 5) is 26.8. The van der Waals surface area contributed by atoms with Gasteiger partial charge < -0.3 is 19.7 Å². The average molecular weight is 396 g/mol. The molecule has 6 heteroatoms. The Balaban J connectivity index is 1.47. The van der Waals surface area contributed by atoms with Gasteiger partial charge in [-0.25, -0.2) is 0 Å². The molecule has 6 nitrogen and oxygen atoms in total. The summed E-state index contributed by atoms with van der Waals surface area (Å²) in [5.41, 5.74) is 2.84. The van der Waals surface area contributed by atoms with Crippen LogP contribution in [-0.2, 0) is 19.1 Å². The van der Waals surface area contributed by atoms with Gasteiger partial charge in [0.15, 0.2) is 6.10 Å². The summed E-state index contributed by atoms with van der Waals surface area (Å²) >= 11 is 0. The molecule has 0 radical (unpaired) electrons. The maximum absolute atomic E-state index is 12.4. The molecular weight excluding hydrogens is 368 g/mol. The largest absolute Gasteiger partial charge is 0.453 e. The molecule has 0 aromatic heterocycles. The Morgan fingerprint density at radius 3 is 2.34 bits per heavy atom. The van der Waals surface area contributed by atoms with E-state index in [0.717, 1.165) is 37.6 Å². The van der Waals surface area contributed by atoms with Crippen molar-refractivity contribution in [2.45, 2.75) is 32.3 Å². The first-order valence-electron chi connectivity index (χ1n) is 10.0. The van der Waals surface area contributed by atoms with Crippen molar-refractivity contribution in [1.29, 1.82) is 0 Å². The summed E-state index contributed by atoms with van der Waals surface area (Å²) in [6, 6.07) is 17.4. The fourth-order valence-electron chi connectivity index (χ4n) is 3.27. The normalized spacial score (nSPS) is 16.0. The van der Waals surface area contributed by atoms with Crippen LogP contribution in [0.15, 0.2) is 54.6 Å². The van der Waals surface area contributed by atoms with Crippen LogP contribution in [0.1, 0.15) is 31.7 Å². The summed E-state index contributed by atoms with van der Waals surface area (Å²) in [6.07, 6.45) is -0.625. The number of carbonyl (C=O) groups excluding carboxylic acids is 2. The number of morpholine rings is 1. The van der Waals surface area contributed by atoms with Crippen molar-refractivity contribution in [3.05, 3.63) is 60.2 Å². The van der Waals surface area contributed by atoms with Crippen molar-refractivity contribution in [2.75, 3.05) is 36.5 Å². The van der Waals surface area contributed by atoms with Crippen LogP contribution in [0.25, 0.3) is 0 Å². The van der Waals surface area contributed by atoms with Crippen LogP contribution in [-0.4, -0.2) is 44.3 Å². The molecule has 0 unspecified atom stereocenters. The molecule has 1 aliphatic rings. The fourth-order valence-corrected chi connectivity index (χ4v) is 3.27. The van der Waals surface area contributed by atoms with E-state index in [9.17, 15) is 9.59 Å². The highest BCUT2D eigenvalue weighted by Gasteiger charge is 2.20. The zero-order valence-electron chi connectivity index (χ0n) is 17.0. The standard InChI is InChI=1S/C23H28N2O4/c1-17(19-6-4-3-5-7-19)16-22(26)29-18(2)23(27)24-20-8-10-21(11-9-20)25-12-14-28-15-13-25/h3-11,17-18H,12-16H2,1-2H3,(H,24,27)/t17-,18+/m0/s1. The van der Waals surface area contributed by atoms with Gasteiger partial charge in [0.2, 0.25) is 0 Å². The van der Waals surface area contributed by atoms with Crippen LogP contribution in [0.5, 0.6) is 0 Å². The predicted molar refractivity (Wildman–Crippen MR) is 113 cm³/mol. The molecule has 0 saturated carbocycles. The van der Waals surface area contributed by atoms with Crippen molar-refractivity contribution in [3.63, 3.8) is 0 Å². The molecule has 1 fully saturated rings. The number of nitrogens with zero attached hydrogens (tertiary/aromatic N) is 1. The predicted octanol–water partition coefficient (Wildman–Crippen LogP) is 3.59. The summed E-state index contributed by atoms with van der Waals surface area (Å²) < 4.78 is 10.7. The number of hydrogen-bond acceptors (Lipinski definition) is 5. The van der Waals surface area contributed by atoms with Crippen LogP contribution in [0, 0.1) is 0 Å². The lowest BCUT2D eigenvalue weighted by Gasteiger charge is -2.28. The van der Waals surface area contributed by atoms with Gasteiger partial charge in [-0.05, 0) is 42.7 Å². The molecule has 154 valence electrons. The summed E-state index contributed by atoms with van der Waals surface area (Å²) in [5.74, 6) is -0.691. The number of amides is 1. The third-order valence-electron chi connectivity index (χ3n) is 5.03. The minimum atomic E-state index is -0.857. The molecule has 0 spiro atoms. The van der Waals surface area contributed by atoms with E-state index in [-0.39, 0.29) is 24.2 Å². The van der Waals surface area contributed by atoms with Crippen LogP contribution in [0.3, 0.4) is 0 Å². The van der Waals surface area contributed by atoms with E-state index >= 15 is 0 Å². The molecule has 2 atom stereocenters. The minimum Gasteiger partial charge on any atom is -0.453 e. The molecule has 1 saturated heterocycles. The van der Waals surface area contributed by atoms with Crippen molar-refractivity contribution in [2.24, 2.45) is 0 Å². The number of ether oxygens (including phenoxy) is 2. The second-order valence-corrected chi connectivity index (χ2v) is 7.28. The molecule has 1 N–H and O–H groups in total. The second kappa shape index (κ2) is 10.1. The van der Waals surface area contributed by atoms with Crippen molar-refractivity contribution >= 4 is 23.3 Å². The number of esters is 1. The lowest BCUT2D eigenvalue weighted by atomic mass is 9.98. The van der Waals surface area contributed by atoms with Gasteiger partial charge in [0.05, 0.1) is 19.6 Å². The van der Waals surface area contributed by atoms with Crippen molar-refractivity contribution < 1.29 is 19.1 Å². The van der Waals surface area contributed by atoms with E-state index in [0.29, 0.717) is 5.69 Å². The Morgan fingerprint density at radius 1 is 1.03 bits per heavy atom. The molecule has 1 aliphatic heterocycles. The summed E-state index contributed by atoms with van der Waals surface area (Å²) in [5, 5.41) is 2.80. The molecule has 3 rings (SSSR count). The first-order valence-corrected chi connectivity index (χ1v) is 10.0. The molecule has 0 bridgehead atoms. The number of nitrogens with one attached hydrogen (secondary N) is 1. The Hall–Kier alpha value is -2.86. The van der Waals surface area contributed by atoms with E-state index in [4.69, 9.17) is 9.47 Å². The number of benzene rings is 2. The first kappa shape index (κ1) is 20.9. The highest BCUT2D eigenvalue weighted by atomic mass is 16.5. The molecule has 1 heterocycles. The molecular formula is C23H28N2O4. The quantitative estimate of drug-likeness (QED) is 0.725. The van der Waals surface area contributed by atoms with Crippen molar-refractivity contribution in [1.82, 2.24) is 0 Å². The van der Waals surface area contributed by atoms with Gasteiger partial charge >= 0.3 is 5.97 Å². The molecule has 1 amide bonds. The number of carbonyl (C=O) groups is 2. The van der Waals surface area contributed by atoms with Gasteiger partial charge in [0, 0.05) is 24.5 Å². The highest BCUT2D eigenvalue weighted by Crippen LogP contribution is 2.21. The van der Waals surface area contributed by atoms with Crippen LogP contribution in [0.2, 0.25) is 0 Å². The first-order chi connectivity index (χ1) is 14.0. The average Bonchev–Trinajstić information content (AvgIpc) is 2.75. The Kier molecular flexibility index (Phi) is 7.25. The fraction of sp³-hybridized carbons (Fsp3) is 0.391. The van der Waals surface area contributed by atoms with Gasteiger partial charge in [0.1, 0.15) is 0 Å². The van der Waals surface area contributed by atoms with Crippen LogP contribution < -0.4 is 10.2 Å². The van der Waals surface area contributed by atoms with Gasteiger partial charge in [0.25, 0.3) is 5.91 Å². The van der Waals surface area contributed by atoms with E-state index in [1.54, 1.807) is 6.92 Å². The Morgan fingerprint density at radius 2 is 1.69 bits per heavy atom. The molecule has 29 heavy (non-hydrogen) atoms.